The molecule has 2 aliphatic heterocycles. The Morgan fingerprint density at radius 2 is 2.09 bits per heavy atom. The Balaban J connectivity index is 1.41. The van der Waals surface area contributed by atoms with Gasteiger partial charge >= 0.3 is 6.03 Å². The first-order valence-electron chi connectivity index (χ1n) is 11.5. The lowest BCUT2D eigenvalue weighted by Gasteiger charge is -2.38. The number of carbonyl (C=O) groups is 1. The van der Waals surface area contributed by atoms with Gasteiger partial charge in [0.1, 0.15) is 23.1 Å². The maximum Gasteiger partial charge on any atom is 0.327 e. The number of fused-ring (bicyclic) bond motifs is 2. The summed E-state index contributed by atoms with van der Waals surface area (Å²) in [6.45, 7) is 11.1. The molecule has 0 radical (unpaired) electrons. The van der Waals surface area contributed by atoms with E-state index in [9.17, 15) is 4.79 Å². The number of carbonyl (C=O) groups excluding carboxylic acids is 1. The number of nitrogens with zero attached hydrogens (tertiary/aromatic N) is 6. The molecule has 3 aromatic rings. The highest BCUT2D eigenvalue weighted by Crippen LogP contribution is 2.35. The molecule has 10 nitrogen and oxygen atoms in total. The van der Waals surface area contributed by atoms with Crippen molar-refractivity contribution in [3.05, 3.63) is 35.9 Å². The Kier molecular flexibility index (Phi) is 5.53. The fourth-order valence-electron chi connectivity index (χ4n) is 4.86. The number of pyridine rings is 2. The average Bonchev–Trinajstić information content (AvgIpc) is 3.35. The highest BCUT2D eigenvalue weighted by Gasteiger charge is 2.31. The molecule has 0 aliphatic carbocycles. The summed E-state index contributed by atoms with van der Waals surface area (Å²) < 4.78 is 7.41. The van der Waals surface area contributed by atoms with Crippen LogP contribution in [-0.2, 0) is 6.42 Å². The van der Waals surface area contributed by atoms with Crippen LogP contribution in [0.25, 0.3) is 5.65 Å². The number of piperazine rings is 1. The van der Waals surface area contributed by atoms with E-state index >= 15 is 0 Å². The monoisotopic (exact) mass is 450 g/mol. The molecule has 0 spiro atoms. The van der Waals surface area contributed by atoms with E-state index in [2.05, 4.69) is 50.5 Å². The van der Waals surface area contributed by atoms with Crippen LogP contribution in [0.15, 0.2) is 24.5 Å². The van der Waals surface area contributed by atoms with E-state index < -0.39 is 0 Å². The summed E-state index contributed by atoms with van der Waals surface area (Å²) in [6, 6.07) is 4.44. The summed E-state index contributed by atoms with van der Waals surface area (Å²) >= 11 is 0. The minimum Gasteiger partial charge on any atom is -0.491 e. The van der Waals surface area contributed by atoms with Crippen LogP contribution in [-0.4, -0.2) is 63.9 Å². The summed E-state index contributed by atoms with van der Waals surface area (Å²) in [6.07, 6.45) is 4.31. The summed E-state index contributed by atoms with van der Waals surface area (Å²) in [4.78, 5) is 26.4. The molecule has 5 rings (SSSR count). The lowest BCUT2D eigenvalue weighted by Crippen LogP contribution is -2.54. The van der Waals surface area contributed by atoms with E-state index in [1.807, 2.05) is 13.8 Å². The lowest BCUT2D eigenvalue weighted by atomic mass is 10.1. The largest absolute Gasteiger partial charge is 0.491 e. The van der Waals surface area contributed by atoms with Crippen LogP contribution in [0.5, 0.6) is 5.75 Å². The van der Waals surface area contributed by atoms with Crippen LogP contribution in [0, 0.1) is 6.92 Å². The van der Waals surface area contributed by atoms with Crippen LogP contribution >= 0.6 is 0 Å². The third-order valence-corrected chi connectivity index (χ3v) is 6.07. The number of urea groups is 1. The molecule has 174 valence electrons. The number of nitrogens with one attached hydrogen (secondary N) is 2. The molecular formula is C23H30N8O2. The smallest absolute Gasteiger partial charge is 0.327 e. The molecule has 0 bridgehead atoms. The maximum atomic E-state index is 13.3. The van der Waals surface area contributed by atoms with E-state index in [1.165, 1.54) is 5.69 Å². The van der Waals surface area contributed by atoms with Gasteiger partial charge in [-0.25, -0.2) is 19.3 Å². The number of anilines is 3. The maximum absolute atomic E-state index is 13.3. The molecule has 2 aliphatic rings. The van der Waals surface area contributed by atoms with E-state index in [4.69, 9.17) is 4.74 Å². The fraction of sp³-hybridized carbons (Fsp3) is 0.478. The van der Waals surface area contributed by atoms with Crippen molar-refractivity contribution in [1.82, 2.24) is 24.9 Å². The van der Waals surface area contributed by atoms with Crippen molar-refractivity contribution in [2.75, 3.05) is 41.4 Å². The van der Waals surface area contributed by atoms with Crippen molar-refractivity contribution in [3.8, 4) is 5.75 Å². The number of rotatable bonds is 4. The molecule has 0 unspecified atom stereocenters. The highest BCUT2D eigenvalue weighted by molar-refractivity contribution is 6.03. The van der Waals surface area contributed by atoms with Crippen molar-refractivity contribution in [1.29, 1.82) is 0 Å². The van der Waals surface area contributed by atoms with Gasteiger partial charge in [0.2, 0.25) is 0 Å². The second-order valence-electron chi connectivity index (χ2n) is 8.78. The van der Waals surface area contributed by atoms with Gasteiger partial charge < -0.3 is 20.3 Å². The summed E-state index contributed by atoms with van der Waals surface area (Å²) in [7, 11) is 0. The fourth-order valence-corrected chi connectivity index (χ4v) is 4.86. The number of ether oxygens (including phenoxy) is 1. The quantitative estimate of drug-likeness (QED) is 0.630. The zero-order valence-corrected chi connectivity index (χ0v) is 19.5. The van der Waals surface area contributed by atoms with Crippen LogP contribution < -0.4 is 25.2 Å². The van der Waals surface area contributed by atoms with Crippen molar-refractivity contribution in [2.24, 2.45) is 0 Å². The Morgan fingerprint density at radius 1 is 1.30 bits per heavy atom. The third kappa shape index (κ3) is 4.06. The topological polar surface area (TPSA) is 99.9 Å². The molecule has 0 saturated carbocycles. The predicted octanol–water partition coefficient (Wildman–Crippen LogP) is 2.61. The first-order chi connectivity index (χ1) is 15.9. The predicted molar refractivity (Wildman–Crippen MR) is 127 cm³/mol. The van der Waals surface area contributed by atoms with Crippen molar-refractivity contribution >= 4 is 28.9 Å². The van der Waals surface area contributed by atoms with E-state index in [0.29, 0.717) is 48.1 Å². The van der Waals surface area contributed by atoms with Crippen molar-refractivity contribution < 1.29 is 9.53 Å². The summed E-state index contributed by atoms with van der Waals surface area (Å²) in [5.41, 5.74) is 3.52. The lowest BCUT2D eigenvalue weighted by molar-refractivity contribution is 0.257. The molecule has 5 heterocycles. The number of aromatic nitrogens is 4. The molecule has 3 aromatic heterocycles. The molecule has 2 N–H and O–H groups in total. The van der Waals surface area contributed by atoms with Gasteiger partial charge in [-0.15, -0.1) is 0 Å². The third-order valence-electron chi connectivity index (χ3n) is 6.07. The van der Waals surface area contributed by atoms with Gasteiger partial charge in [-0.2, -0.15) is 5.10 Å². The summed E-state index contributed by atoms with van der Waals surface area (Å²) in [5, 5.41) is 10.9. The van der Waals surface area contributed by atoms with Gasteiger partial charge in [0.05, 0.1) is 12.8 Å². The molecule has 33 heavy (non-hydrogen) atoms. The normalized spacial score (nSPS) is 20.2. The van der Waals surface area contributed by atoms with Gasteiger partial charge in [0, 0.05) is 55.2 Å². The standard InChI is InChI=1S/C23H30N8O2/c1-5-33-20-10-21-26-16(4)28-31(21)13-18(20)27-23(32)30-9-7-17-19(6-8-24-22(17)30)29-11-14(2)25-15(3)12-29/h6,8,10,13-15,25H,5,7,9,11-12H2,1-4H3,(H,27,32)/t14-,15+. The Labute approximate surface area is 192 Å². The van der Waals surface area contributed by atoms with Crippen LogP contribution in [0.2, 0.25) is 0 Å². The Bertz CT molecular complexity index is 1180. The van der Waals surface area contributed by atoms with E-state index in [-0.39, 0.29) is 6.03 Å². The Hall–Kier alpha value is -3.40. The minimum absolute atomic E-state index is 0.238. The van der Waals surface area contributed by atoms with Crippen molar-refractivity contribution in [3.63, 3.8) is 0 Å². The van der Waals surface area contributed by atoms with Gasteiger partial charge in [0.15, 0.2) is 5.65 Å². The molecule has 10 heteroatoms. The highest BCUT2D eigenvalue weighted by atomic mass is 16.5. The SMILES string of the molecule is CCOc1cc2nc(C)nn2cc1NC(=O)N1CCc2c(N3C[C@@H](C)N[C@@H](C)C3)ccnc21. The van der Waals surface area contributed by atoms with Gasteiger partial charge in [-0.05, 0) is 40.2 Å². The number of hydrogen-bond acceptors (Lipinski definition) is 7. The first-order valence-corrected chi connectivity index (χ1v) is 11.5. The van der Waals surface area contributed by atoms with Gasteiger partial charge in [0.25, 0.3) is 0 Å². The molecule has 2 amide bonds. The van der Waals surface area contributed by atoms with Crippen molar-refractivity contribution in [2.45, 2.75) is 46.2 Å². The average molecular weight is 451 g/mol. The van der Waals surface area contributed by atoms with E-state index in [1.54, 1.807) is 27.9 Å². The van der Waals surface area contributed by atoms with Gasteiger partial charge in [-0.3, -0.25) is 4.90 Å². The molecular weight excluding hydrogens is 420 g/mol. The second-order valence-corrected chi connectivity index (χ2v) is 8.78. The summed E-state index contributed by atoms with van der Waals surface area (Å²) in [5.74, 6) is 1.94. The zero-order chi connectivity index (χ0) is 23.1. The van der Waals surface area contributed by atoms with Gasteiger partial charge in [-0.1, -0.05) is 0 Å². The Morgan fingerprint density at radius 3 is 2.85 bits per heavy atom. The first kappa shape index (κ1) is 21.4. The molecule has 2 atom stereocenters. The van der Waals surface area contributed by atoms with Crippen LogP contribution in [0.3, 0.4) is 0 Å². The molecule has 0 aromatic carbocycles. The van der Waals surface area contributed by atoms with Crippen LogP contribution in [0.1, 0.15) is 32.2 Å². The van der Waals surface area contributed by atoms with Crippen LogP contribution in [0.4, 0.5) is 22.0 Å². The molecule has 1 fully saturated rings. The second kappa shape index (κ2) is 8.51. The number of aryl methyl sites for hydroxylation is 1. The molecule has 1 saturated heterocycles. The number of hydrogen-bond donors (Lipinski definition) is 2. The minimum atomic E-state index is -0.238. The van der Waals surface area contributed by atoms with E-state index in [0.717, 1.165) is 30.9 Å². The number of amides is 2. The zero-order valence-electron chi connectivity index (χ0n) is 19.5.